The van der Waals surface area contributed by atoms with Crippen molar-refractivity contribution in [1.82, 2.24) is 5.32 Å². The predicted octanol–water partition coefficient (Wildman–Crippen LogP) is 4.39. The van der Waals surface area contributed by atoms with Crippen LogP contribution in [0.4, 0.5) is 0 Å². The summed E-state index contributed by atoms with van der Waals surface area (Å²) in [6.07, 6.45) is 1.85. The molecule has 1 unspecified atom stereocenters. The molecular weight excluding hydrogens is 298 g/mol. The van der Waals surface area contributed by atoms with Gasteiger partial charge in [0.15, 0.2) is 0 Å². The zero-order valence-electron chi connectivity index (χ0n) is 14.4. The van der Waals surface area contributed by atoms with Crippen molar-refractivity contribution in [1.29, 1.82) is 0 Å². The molecule has 0 radical (unpaired) electrons. The summed E-state index contributed by atoms with van der Waals surface area (Å²) in [5.74, 6) is 0.610. The fraction of sp³-hybridized carbons (Fsp3) is 0.286. The van der Waals surface area contributed by atoms with E-state index < -0.39 is 0 Å². The summed E-state index contributed by atoms with van der Waals surface area (Å²) in [5.41, 5.74) is 2.84. The zero-order valence-corrected chi connectivity index (χ0v) is 14.4. The Hall–Kier alpha value is -2.55. The van der Waals surface area contributed by atoms with Gasteiger partial charge in [0.25, 0.3) is 5.91 Å². The average molecular weight is 323 g/mol. The molecule has 1 N–H and O–H groups in total. The van der Waals surface area contributed by atoms with Crippen molar-refractivity contribution < 1.29 is 9.53 Å². The van der Waals surface area contributed by atoms with Gasteiger partial charge in [-0.3, -0.25) is 4.79 Å². The Morgan fingerprint density at radius 3 is 2.62 bits per heavy atom. The summed E-state index contributed by atoms with van der Waals surface area (Å²) in [6, 6.07) is 17.7. The van der Waals surface area contributed by atoms with Crippen LogP contribution in [-0.2, 0) is 6.42 Å². The lowest BCUT2D eigenvalue weighted by Crippen LogP contribution is -2.32. The van der Waals surface area contributed by atoms with Gasteiger partial charge < -0.3 is 10.1 Å². The van der Waals surface area contributed by atoms with Crippen LogP contribution in [0.2, 0.25) is 0 Å². The number of nitrogens with one attached hydrogen (secondary N) is 1. The first kappa shape index (κ1) is 17.8. The van der Waals surface area contributed by atoms with Gasteiger partial charge in [-0.1, -0.05) is 43.0 Å². The van der Waals surface area contributed by atoms with Crippen LogP contribution < -0.4 is 10.1 Å². The van der Waals surface area contributed by atoms with Crippen LogP contribution in [0.25, 0.3) is 0 Å². The molecule has 0 aliphatic carbocycles. The van der Waals surface area contributed by atoms with Crippen LogP contribution in [0.5, 0.6) is 5.75 Å². The first-order valence-electron chi connectivity index (χ1n) is 8.26. The van der Waals surface area contributed by atoms with Crippen LogP contribution in [0.3, 0.4) is 0 Å². The quantitative estimate of drug-likeness (QED) is 0.732. The second-order valence-electron chi connectivity index (χ2n) is 6.17. The Balaban J connectivity index is 1.87. The predicted molar refractivity (Wildman–Crippen MR) is 98.4 cm³/mol. The highest BCUT2D eigenvalue weighted by molar-refractivity contribution is 5.94. The normalized spacial score (nSPS) is 11.6. The van der Waals surface area contributed by atoms with Crippen LogP contribution in [0.1, 0.15) is 36.2 Å². The van der Waals surface area contributed by atoms with E-state index in [4.69, 9.17) is 4.74 Å². The highest BCUT2D eigenvalue weighted by Crippen LogP contribution is 2.14. The number of carbonyl (C=O) groups is 1. The minimum atomic E-state index is -0.0728. The van der Waals surface area contributed by atoms with E-state index in [0.717, 1.165) is 18.4 Å². The second kappa shape index (κ2) is 8.92. The van der Waals surface area contributed by atoms with E-state index >= 15 is 0 Å². The van der Waals surface area contributed by atoms with Crippen molar-refractivity contribution in [2.75, 3.05) is 6.61 Å². The van der Waals surface area contributed by atoms with Gasteiger partial charge in [-0.15, -0.1) is 0 Å². The topological polar surface area (TPSA) is 38.3 Å². The van der Waals surface area contributed by atoms with E-state index in [2.05, 4.69) is 24.0 Å². The highest BCUT2D eigenvalue weighted by atomic mass is 16.5. The first-order valence-corrected chi connectivity index (χ1v) is 8.26. The minimum Gasteiger partial charge on any atom is -0.489 e. The summed E-state index contributed by atoms with van der Waals surface area (Å²) in [6.45, 7) is 8.20. The van der Waals surface area contributed by atoms with Gasteiger partial charge in [-0.25, -0.2) is 0 Å². The Kier molecular flexibility index (Phi) is 6.62. The van der Waals surface area contributed by atoms with Gasteiger partial charge in [0.05, 0.1) is 0 Å². The lowest BCUT2D eigenvalue weighted by atomic mass is 10.1. The molecular formula is C21H25NO2. The SMILES string of the molecule is C=C(C)COc1cccc(C(=O)NC(C)CCc2ccccc2)c1. The molecule has 0 aliphatic heterocycles. The van der Waals surface area contributed by atoms with E-state index in [1.807, 2.05) is 44.2 Å². The van der Waals surface area contributed by atoms with Crippen LogP contribution in [-0.4, -0.2) is 18.6 Å². The number of ether oxygens (including phenoxy) is 1. The van der Waals surface area contributed by atoms with Crippen molar-refractivity contribution in [2.45, 2.75) is 32.7 Å². The molecule has 1 amide bonds. The van der Waals surface area contributed by atoms with Crippen LogP contribution in [0, 0.1) is 0 Å². The van der Waals surface area contributed by atoms with Gasteiger partial charge in [0.1, 0.15) is 12.4 Å². The van der Waals surface area contributed by atoms with E-state index in [1.54, 1.807) is 12.1 Å². The van der Waals surface area contributed by atoms with Gasteiger partial charge >= 0.3 is 0 Å². The second-order valence-corrected chi connectivity index (χ2v) is 6.17. The monoisotopic (exact) mass is 323 g/mol. The summed E-state index contributed by atoms with van der Waals surface area (Å²) < 4.78 is 5.59. The molecule has 0 saturated carbocycles. The number of hydrogen-bond acceptors (Lipinski definition) is 2. The lowest BCUT2D eigenvalue weighted by Gasteiger charge is -2.14. The van der Waals surface area contributed by atoms with Crippen molar-refractivity contribution in [3.05, 3.63) is 77.9 Å². The Bertz CT molecular complexity index is 679. The number of rotatable bonds is 8. The van der Waals surface area contributed by atoms with Gasteiger partial charge in [0.2, 0.25) is 0 Å². The Morgan fingerprint density at radius 2 is 1.92 bits per heavy atom. The molecule has 126 valence electrons. The maximum atomic E-state index is 12.4. The van der Waals surface area contributed by atoms with Crippen molar-refractivity contribution >= 4 is 5.91 Å². The molecule has 0 heterocycles. The highest BCUT2D eigenvalue weighted by Gasteiger charge is 2.10. The molecule has 3 heteroatoms. The molecule has 0 spiro atoms. The molecule has 0 aromatic heterocycles. The molecule has 2 aromatic rings. The maximum absolute atomic E-state index is 12.4. The lowest BCUT2D eigenvalue weighted by molar-refractivity contribution is 0.0938. The van der Waals surface area contributed by atoms with Crippen LogP contribution >= 0.6 is 0 Å². The molecule has 0 bridgehead atoms. The van der Waals surface area contributed by atoms with Crippen molar-refractivity contribution in [3.63, 3.8) is 0 Å². The first-order chi connectivity index (χ1) is 11.5. The Morgan fingerprint density at radius 1 is 1.17 bits per heavy atom. The van der Waals surface area contributed by atoms with Gasteiger partial charge in [0, 0.05) is 11.6 Å². The van der Waals surface area contributed by atoms with E-state index in [1.165, 1.54) is 5.56 Å². The molecule has 2 aromatic carbocycles. The molecule has 0 aliphatic rings. The molecule has 1 atom stereocenters. The van der Waals surface area contributed by atoms with Crippen molar-refractivity contribution in [2.24, 2.45) is 0 Å². The standard InChI is InChI=1S/C21H25NO2/c1-16(2)15-24-20-11-7-10-19(14-20)21(23)22-17(3)12-13-18-8-5-4-6-9-18/h4-11,14,17H,1,12-13,15H2,2-3H3,(H,22,23). The smallest absolute Gasteiger partial charge is 0.251 e. The number of benzene rings is 2. The Labute approximate surface area is 144 Å². The molecule has 0 saturated heterocycles. The number of amides is 1. The summed E-state index contributed by atoms with van der Waals surface area (Å²) >= 11 is 0. The van der Waals surface area contributed by atoms with E-state index in [9.17, 15) is 4.79 Å². The van der Waals surface area contributed by atoms with Crippen LogP contribution in [0.15, 0.2) is 66.7 Å². The summed E-state index contributed by atoms with van der Waals surface area (Å²) in [5, 5.41) is 3.05. The fourth-order valence-corrected chi connectivity index (χ4v) is 2.34. The number of carbonyl (C=O) groups excluding carboxylic acids is 1. The molecule has 24 heavy (non-hydrogen) atoms. The third kappa shape index (κ3) is 5.92. The van der Waals surface area contributed by atoms with E-state index in [0.29, 0.717) is 17.9 Å². The summed E-state index contributed by atoms with van der Waals surface area (Å²) in [7, 11) is 0. The molecule has 3 nitrogen and oxygen atoms in total. The molecule has 0 fully saturated rings. The number of aryl methyl sites for hydroxylation is 1. The fourth-order valence-electron chi connectivity index (χ4n) is 2.34. The molecule has 2 rings (SSSR count). The maximum Gasteiger partial charge on any atom is 0.251 e. The summed E-state index contributed by atoms with van der Waals surface area (Å²) in [4.78, 5) is 12.4. The van der Waals surface area contributed by atoms with Crippen molar-refractivity contribution in [3.8, 4) is 5.75 Å². The largest absolute Gasteiger partial charge is 0.489 e. The third-order valence-corrected chi connectivity index (χ3v) is 3.67. The zero-order chi connectivity index (χ0) is 17.4. The van der Waals surface area contributed by atoms with E-state index in [-0.39, 0.29) is 11.9 Å². The minimum absolute atomic E-state index is 0.0728. The van der Waals surface area contributed by atoms with Gasteiger partial charge in [-0.2, -0.15) is 0 Å². The van der Waals surface area contributed by atoms with Gasteiger partial charge in [-0.05, 0) is 56.0 Å². The average Bonchev–Trinajstić information content (AvgIpc) is 2.59. The number of hydrogen-bond donors (Lipinski definition) is 1. The third-order valence-electron chi connectivity index (χ3n) is 3.67.